The minimum absolute atomic E-state index is 0.152. The van der Waals surface area contributed by atoms with Crippen LogP contribution < -0.4 is 4.46 Å². The van der Waals surface area contributed by atoms with Gasteiger partial charge in [-0.1, -0.05) is 0 Å². The van der Waals surface area contributed by atoms with Crippen LogP contribution in [-0.2, 0) is 14.3 Å². The Kier molecular flexibility index (Phi) is 4.30. The van der Waals surface area contributed by atoms with Gasteiger partial charge in [0.15, 0.2) is 0 Å². The average Bonchev–Trinajstić information content (AvgIpc) is 3.01. The number of ether oxygens (including phenoxy) is 1. The Morgan fingerprint density at radius 1 is 1.14 bits per heavy atom. The first-order chi connectivity index (χ1) is 10.6. The molecule has 4 nitrogen and oxygen atoms in total. The molecule has 2 heterocycles. The van der Waals surface area contributed by atoms with Crippen molar-refractivity contribution in [2.45, 2.75) is 12.2 Å². The van der Waals surface area contributed by atoms with Crippen molar-refractivity contribution in [1.29, 1.82) is 0 Å². The number of fused-ring (bicyclic) bond motifs is 1. The molecule has 4 unspecified atom stereocenters. The average molecular weight is 362 g/mol. The molecule has 4 atom stereocenters. The minimum atomic E-state index is -0.422. The van der Waals surface area contributed by atoms with Gasteiger partial charge in [0.2, 0.25) is 0 Å². The van der Waals surface area contributed by atoms with Gasteiger partial charge in [-0.3, -0.25) is 0 Å². The molecule has 0 saturated carbocycles. The zero-order valence-corrected chi connectivity index (χ0v) is 13.9. The van der Waals surface area contributed by atoms with E-state index in [1.54, 1.807) is 6.08 Å². The molecule has 2 fully saturated rings. The molecular formula is C17H17NO3Se. The van der Waals surface area contributed by atoms with Crippen molar-refractivity contribution < 1.29 is 14.3 Å². The fourth-order valence-electron chi connectivity index (χ4n) is 2.97. The first-order valence-electron chi connectivity index (χ1n) is 7.11. The predicted molar refractivity (Wildman–Crippen MR) is 84.6 cm³/mol. The molecule has 1 aromatic carbocycles. The molecule has 0 bridgehead atoms. The topological polar surface area (TPSA) is 46.6 Å². The quantitative estimate of drug-likeness (QED) is 0.450. The number of rotatable bonds is 4. The summed E-state index contributed by atoms with van der Waals surface area (Å²) in [5, 5.41) is 0. The Hall–Kier alpha value is -1.68. The monoisotopic (exact) mass is 363 g/mol. The van der Waals surface area contributed by atoms with E-state index in [2.05, 4.69) is 23.7 Å². The Morgan fingerprint density at radius 2 is 1.77 bits per heavy atom. The molecule has 2 aliphatic rings. The maximum atomic E-state index is 12.3. The first kappa shape index (κ1) is 15.2. The van der Waals surface area contributed by atoms with Crippen LogP contribution in [0.5, 0.6) is 0 Å². The van der Waals surface area contributed by atoms with Crippen LogP contribution in [0.2, 0.25) is 0 Å². The van der Waals surface area contributed by atoms with Crippen LogP contribution in [-0.4, -0.2) is 50.9 Å². The number of benzene rings is 1. The van der Waals surface area contributed by atoms with Crippen LogP contribution in [0.4, 0.5) is 0 Å². The standard InChI is InChI=1S/C17H17NO3Se/c1-3-12-14-15(17(20)18(2)16(14)19)13(21-12)9-10-22-11-7-5-4-6-8-11/h3-10,12-15H,1H2,2H3/b10-9+. The van der Waals surface area contributed by atoms with Gasteiger partial charge in [0.25, 0.3) is 0 Å². The van der Waals surface area contributed by atoms with E-state index in [4.69, 9.17) is 4.74 Å². The molecule has 2 aliphatic heterocycles. The summed E-state index contributed by atoms with van der Waals surface area (Å²) in [6.45, 7) is 3.72. The van der Waals surface area contributed by atoms with E-state index in [0.717, 1.165) is 0 Å². The van der Waals surface area contributed by atoms with Crippen LogP contribution >= 0.6 is 0 Å². The molecule has 0 radical (unpaired) electrons. The summed E-state index contributed by atoms with van der Waals surface area (Å²) in [4.78, 5) is 27.7. The molecule has 2 amide bonds. The number of hydrogen-bond donors (Lipinski definition) is 0. The van der Waals surface area contributed by atoms with Crippen LogP contribution in [0.15, 0.2) is 54.0 Å². The molecule has 2 saturated heterocycles. The fraction of sp³-hybridized carbons (Fsp3) is 0.294. The van der Waals surface area contributed by atoms with E-state index < -0.39 is 11.8 Å². The summed E-state index contributed by atoms with van der Waals surface area (Å²) < 4.78 is 7.10. The molecule has 114 valence electrons. The van der Waals surface area contributed by atoms with Gasteiger partial charge in [0.05, 0.1) is 0 Å². The van der Waals surface area contributed by atoms with Gasteiger partial charge in [-0.15, -0.1) is 0 Å². The summed E-state index contributed by atoms with van der Waals surface area (Å²) >= 11 is 0.184. The third-order valence-corrected chi connectivity index (χ3v) is 5.85. The Labute approximate surface area is 136 Å². The number of imide groups is 1. The van der Waals surface area contributed by atoms with Crippen LogP contribution in [0, 0.1) is 11.8 Å². The van der Waals surface area contributed by atoms with Gasteiger partial charge in [-0.2, -0.15) is 0 Å². The zero-order valence-electron chi connectivity index (χ0n) is 12.2. The van der Waals surface area contributed by atoms with E-state index in [1.165, 1.54) is 16.4 Å². The number of hydrogen-bond acceptors (Lipinski definition) is 3. The van der Waals surface area contributed by atoms with E-state index in [0.29, 0.717) is 0 Å². The maximum absolute atomic E-state index is 12.3. The SMILES string of the molecule is C=CC1OC(/C=C/[Se]c2ccccc2)C2C(=O)N(C)C(=O)C12. The normalized spacial score (nSPS) is 31.0. The summed E-state index contributed by atoms with van der Waals surface area (Å²) in [7, 11) is 1.54. The molecule has 5 heteroatoms. The zero-order chi connectivity index (χ0) is 15.7. The summed E-state index contributed by atoms with van der Waals surface area (Å²) in [5.74, 6) is -1.15. The summed E-state index contributed by atoms with van der Waals surface area (Å²) in [6, 6.07) is 10.2. The summed E-state index contributed by atoms with van der Waals surface area (Å²) in [6.07, 6.45) is 2.82. The second kappa shape index (κ2) is 6.21. The van der Waals surface area contributed by atoms with Crippen molar-refractivity contribution in [3.63, 3.8) is 0 Å². The molecule has 0 aromatic heterocycles. The first-order valence-corrected chi connectivity index (χ1v) is 8.96. The molecule has 1 aromatic rings. The van der Waals surface area contributed by atoms with Crippen molar-refractivity contribution in [2.24, 2.45) is 11.8 Å². The van der Waals surface area contributed by atoms with Crippen LogP contribution in [0.3, 0.4) is 0 Å². The van der Waals surface area contributed by atoms with Crippen molar-refractivity contribution in [3.8, 4) is 0 Å². The van der Waals surface area contributed by atoms with Crippen LogP contribution in [0.1, 0.15) is 0 Å². The Morgan fingerprint density at radius 3 is 2.41 bits per heavy atom. The molecule has 3 rings (SSSR count). The third-order valence-electron chi connectivity index (χ3n) is 4.09. The van der Waals surface area contributed by atoms with Crippen molar-refractivity contribution >= 4 is 31.2 Å². The number of amides is 2. The second-order valence-electron chi connectivity index (χ2n) is 5.35. The van der Waals surface area contributed by atoms with E-state index in [-0.39, 0.29) is 39.0 Å². The molecule has 22 heavy (non-hydrogen) atoms. The van der Waals surface area contributed by atoms with Gasteiger partial charge in [0.1, 0.15) is 0 Å². The fourth-order valence-corrected chi connectivity index (χ4v) is 4.44. The Bertz CT molecular complexity index is 628. The number of likely N-dealkylation sites (tertiary alicyclic amines) is 1. The van der Waals surface area contributed by atoms with Crippen molar-refractivity contribution in [2.75, 3.05) is 7.05 Å². The Balaban J connectivity index is 1.75. The van der Waals surface area contributed by atoms with Gasteiger partial charge in [-0.05, 0) is 0 Å². The molecule has 0 spiro atoms. The third kappa shape index (κ3) is 2.56. The van der Waals surface area contributed by atoms with E-state index in [1.807, 2.05) is 24.3 Å². The molecular weight excluding hydrogens is 345 g/mol. The van der Waals surface area contributed by atoms with E-state index in [9.17, 15) is 9.59 Å². The van der Waals surface area contributed by atoms with Gasteiger partial charge in [0, 0.05) is 0 Å². The van der Waals surface area contributed by atoms with Crippen molar-refractivity contribution in [1.82, 2.24) is 4.90 Å². The molecule has 0 aliphatic carbocycles. The van der Waals surface area contributed by atoms with Gasteiger partial charge in [-0.25, -0.2) is 0 Å². The van der Waals surface area contributed by atoms with Crippen molar-refractivity contribution in [3.05, 3.63) is 54.0 Å². The summed E-state index contributed by atoms with van der Waals surface area (Å²) in [5.41, 5.74) is 0. The van der Waals surface area contributed by atoms with Gasteiger partial charge >= 0.3 is 136 Å². The van der Waals surface area contributed by atoms with Crippen LogP contribution in [0.25, 0.3) is 0 Å². The predicted octanol–water partition coefficient (Wildman–Crippen LogP) is 0.714. The number of carbonyl (C=O) groups is 2. The van der Waals surface area contributed by atoms with E-state index >= 15 is 0 Å². The second-order valence-corrected chi connectivity index (χ2v) is 7.40. The molecule has 0 N–H and O–H groups in total. The number of nitrogens with zero attached hydrogens (tertiary/aromatic N) is 1. The number of carbonyl (C=O) groups excluding carboxylic acids is 2. The van der Waals surface area contributed by atoms with Gasteiger partial charge < -0.3 is 0 Å².